The number of aliphatic carboxylic acids is 1. The van der Waals surface area contributed by atoms with Crippen LogP contribution in [0.4, 0.5) is 0 Å². The SMILES string of the molecule is CN1CC[C@@]23C4=CC(O)(C(=O)O)[C@@H]2Oc2c(O)ccc(c23)C[C@H]41. The van der Waals surface area contributed by atoms with Crippen LogP contribution < -0.4 is 4.74 Å². The van der Waals surface area contributed by atoms with Gasteiger partial charge in [-0.2, -0.15) is 0 Å². The number of carboxylic acids is 1. The lowest BCUT2D eigenvalue weighted by Crippen LogP contribution is -2.59. The van der Waals surface area contributed by atoms with Crippen molar-refractivity contribution in [3.05, 3.63) is 34.9 Å². The summed E-state index contributed by atoms with van der Waals surface area (Å²) in [4.78, 5) is 14.0. The van der Waals surface area contributed by atoms with Crippen molar-refractivity contribution in [2.75, 3.05) is 13.6 Å². The number of nitrogens with zero attached hydrogens (tertiary/aromatic N) is 1. The Kier molecular flexibility index (Phi) is 2.16. The predicted molar refractivity (Wildman–Crippen MR) is 79.6 cm³/mol. The highest BCUT2D eigenvalue weighted by Gasteiger charge is 2.71. The lowest BCUT2D eigenvalue weighted by atomic mass is 9.61. The number of likely N-dealkylation sites (N-methyl/N-ethyl adjacent to an activating group) is 1. The first-order valence-electron chi connectivity index (χ1n) is 7.81. The van der Waals surface area contributed by atoms with Crippen molar-refractivity contribution in [3.63, 3.8) is 0 Å². The zero-order valence-electron chi connectivity index (χ0n) is 12.6. The van der Waals surface area contributed by atoms with E-state index < -0.39 is 23.1 Å². The molecule has 0 radical (unpaired) electrons. The monoisotopic (exact) mass is 315 g/mol. The van der Waals surface area contributed by atoms with Crippen molar-refractivity contribution in [2.45, 2.75) is 36.0 Å². The highest BCUT2D eigenvalue weighted by molar-refractivity contribution is 5.86. The molecule has 1 saturated heterocycles. The summed E-state index contributed by atoms with van der Waals surface area (Å²) in [5.41, 5.74) is 0.189. The number of carboxylic acid groups (broad SMARTS) is 1. The zero-order valence-corrected chi connectivity index (χ0v) is 12.6. The Balaban J connectivity index is 1.87. The molecule has 4 aliphatic rings. The summed E-state index contributed by atoms with van der Waals surface area (Å²) in [5.74, 6) is -0.946. The molecule has 2 aliphatic carbocycles. The molecular formula is C17H17NO5. The molecule has 0 saturated carbocycles. The molecular weight excluding hydrogens is 298 g/mol. The van der Waals surface area contributed by atoms with Crippen LogP contribution in [0.5, 0.6) is 11.5 Å². The topological polar surface area (TPSA) is 90.2 Å². The minimum Gasteiger partial charge on any atom is -0.504 e. The second-order valence-corrected chi connectivity index (χ2v) is 7.10. The van der Waals surface area contributed by atoms with Gasteiger partial charge >= 0.3 is 5.97 Å². The van der Waals surface area contributed by atoms with E-state index >= 15 is 0 Å². The van der Waals surface area contributed by atoms with E-state index in [-0.39, 0.29) is 11.8 Å². The van der Waals surface area contributed by atoms with Gasteiger partial charge in [0.05, 0.1) is 5.41 Å². The number of benzene rings is 1. The number of phenolic OH excluding ortho intramolecular Hbond substituents is 1. The molecule has 1 aromatic carbocycles. The van der Waals surface area contributed by atoms with Crippen LogP contribution in [0.1, 0.15) is 17.5 Å². The van der Waals surface area contributed by atoms with Gasteiger partial charge in [-0.05, 0) is 49.7 Å². The summed E-state index contributed by atoms with van der Waals surface area (Å²) < 4.78 is 5.89. The van der Waals surface area contributed by atoms with Gasteiger partial charge in [-0.3, -0.25) is 4.90 Å². The molecule has 5 rings (SSSR count). The maximum Gasteiger partial charge on any atom is 0.343 e. The number of carbonyl (C=O) groups is 1. The summed E-state index contributed by atoms with van der Waals surface area (Å²) in [6, 6.07) is 3.55. The molecule has 120 valence electrons. The van der Waals surface area contributed by atoms with Gasteiger partial charge in [0.15, 0.2) is 17.6 Å². The summed E-state index contributed by atoms with van der Waals surface area (Å²) in [6.45, 7) is 0.798. The third-order valence-corrected chi connectivity index (χ3v) is 6.15. The standard InChI is InChI=1S/C17H17NO5/c1-18-5-4-16-9-7-17(22,15(20)21)14(16)23-13-11(19)3-2-8(12(13)16)6-10(9)18/h2-3,7,10,14,19,22H,4-6H2,1H3,(H,20,21)/t10-,14-,16+,17?/m1/s1. The molecule has 2 bridgehead atoms. The fraction of sp³-hybridized carbons (Fsp3) is 0.471. The van der Waals surface area contributed by atoms with E-state index in [0.29, 0.717) is 12.2 Å². The fourth-order valence-electron chi connectivity index (χ4n) is 5.13. The highest BCUT2D eigenvalue weighted by Crippen LogP contribution is 2.64. The van der Waals surface area contributed by atoms with Gasteiger partial charge in [-0.25, -0.2) is 4.79 Å². The third-order valence-electron chi connectivity index (χ3n) is 6.15. The molecule has 0 amide bonds. The Labute approximate surface area is 132 Å². The van der Waals surface area contributed by atoms with Crippen LogP contribution in [0.25, 0.3) is 0 Å². The molecule has 0 aromatic heterocycles. The molecule has 1 unspecified atom stereocenters. The number of phenols is 1. The summed E-state index contributed by atoms with van der Waals surface area (Å²) in [5, 5.41) is 30.7. The molecule has 6 nitrogen and oxygen atoms in total. The second-order valence-electron chi connectivity index (χ2n) is 7.10. The Hall–Kier alpha value is -2.05. The van der Waals surface area contributed by atoms with E-state index in [2.05, 4.69) is 4.90 Å². The molecule has 4 atom stereocenters. The number of piperidine rings is 1. The maximum absolute atomic E-state index is 11.8. The van der Waals surface area contributed by atoms with Crippen LogP contribution in [-0.4, -0.2) is 57.5 Å². The Morgan fingerprint density at radius 3 is 2.96 bits per heavy atom. The maximum atomic E-state index is 11.8. The van der Waals surface area contributed by atoms with Gasteiger partial charge in [-0.1, -0.05) is 6.07 Å². The van der Waals surface area contributed by atoms with E-state index in [1.54, 1.807) is 6.07 Å². The second kappa shape index (κ2) is 3.71. The van der Waals surface area contributed by atoms with Gasteiger partial charge < -0.3 is 20.1 Å². The molecule has 6 heteroatoms. The van der Waals surface area contributed by atoms with Gasteiger partial charge in [0.25, 0.3) is 0 Å². The lowest BCUT2D eigenvalue weighted by Gasteiger charge is -2.49. The minimum absolute atomic E-state index is 0.0111. The molecule has 1 spiro atoms. The number of likely N-dealkylation sites (tertiary alicyclic amines) is 1. The fourth-order valence-corrected chi connectivity index (χ4v) is 5.13. The van der Waals surface area contributed by atoms with Crippen molar-refractivity contribution in [1.82, 2.24) is 4.90 Å². The first-order chi connectivity index (χ1) is 10.9. The largest absolute Gasteiger partial charge is 0.504 e. The molecule has 2 heterocycles. The van der Waals surface area contributed by atoms with Crippen molar-refractivity contribution in [3.8, 4) is 11.5 Å². The van der Waals surface area contributed by atoms with Crippen LogP contribution in [-0.2, 0) is 16.6 Å². The summed E-state index contributed by atoms with van der Waals surface area (Å²) in [7, 11) is 2.02. The van der Waals surface area contributed by atoms with Gasteiger partial charge in [0, 0.05) is 11.6 Å². The van der Waals surface area contributed by atoms with E-state index in [0.717, 1.165) is 29.7 Å². The average molecular weight is 315 g/mol. The van der Waals surface area contributed by atoms with Crippen molar-refractivity contribution >= 4 is 5.97 Å². The van der Waals surface area contributed by atoms with Crippen LogP contribution in [0.15, 0.2) is 23.8 Å². The number of aliphatic hydroxyl groups is 1. The number of ether oxygens (including phenoxy) is 1. The van der Waals surface area contributed by atoms with Crippen LogP contribution in [0.3, 0.4) is 0 Å². The first kappa shape index (κ1) is 13.4. The summed E-state index contributed by atoms with van der Waals surface area (Å²) in [6.07, 6.45) is 1.99. The Morgan fingerprint density at radius 2 is 2.22 bits per heavy atom. The highest BCUT2D eigenvalue weighted by atomic mass is 16.5. The zero-order chi connectivity index (χ0) is 16.1. The average Bonchev–Trinajstić information content (AvgIpc) is 2.98. The van der Waals surface area contributed by atoms with Crippen LogP contribution in [0.2, 0.25) is 0 Å². The predicted octanol–water partition coefficient (Wildman–Crippen LogP) is 0.407. The van der Waals surface area contributed by atoms with Crippen LogP contribution >= 0.6 is 0 Å². The van der Waals surface area contributed by atoms with Crippen molar-refractivity contribution < 1.29 is 24.9 Å². The van der Waals surface area contributed by atoms with Crippen LogP contribution in [0, 0.1) is 0 Å². The molecule has 1 fully saturated rings. The van der Waals surface area contributed by atoms with Gasteiger partial charge in [0.2, 0.25) is 5.60 Å². The van der Waals surface area contributed by atoms with E-state index in [1.165, 1.54) is 6.08 Å². The van der Waals surface area contributed by atoms with E-state index in [1.807, 2.05) is 13.1 Å². The summed E-state index contributed by atoms with van der Waals surface area (Å²) >= 11 is 0. The van der Waals surface area contributed by atoms with Crippen molar-refractivity contribution in [1.29, 1.82) is 0 Å². The number of rotatable bonds is 1. The quantitative estimate of drug-likeness (QED) is 0.650. The smallest absolute Gasteiger partial charge is 0.343 e. The Bertz CT molecular complexity index is 802. The molecule has 1 aromatic rings. The lowest BCUT2D eigenvalue weighted by molar-refractivity contribution is -0.162. The molecule has 23 heavy (non-hydrogen) atoms. The normalized spacial score (nSPS) is 39.7. The Morgan fingerprint density at radius 1 is 1.43 bits per heavy atom. The number of hydrogen-bond donors (Lipinski definition) is 3. The van der Waals surface area contributed by atoms with Gasteiger partial charge in [0.1, 0.15) is 0 Å². The van der Waals surface area contributed by atoms with Crippen molar-refractivity contribution in [2.24, 2.45) is 0 Å². The van der Waals surface area contributed by atoms with Gasteiger partial charge in [-0.15, -0.1) is 0 Å². The molecule has 2 aliphatic heterocycles. The number of aromatic hydroxyl groups is 1. The van der Waals surface area contributed by atoms with E-state index in [9.17, 15) is 20.1 Å². The third kappa shape index (κ3) is 1.24. The van der Waals surface area contributed by atoms with E-state index in [4.69, 9.17) is 4.74 Å². The first-order valence-corrected chi connectivity index (χ1v) is 7.81. The molecule has 3 N–H and O–H groups in total. The number of hydrogen-bond acceptors (Lipinski definition) is 5. The minimum atomic E-state index is -2.06.